The molecule has 1 aliphatic heterocycles. The summed E-state index contributed by atoms with van der Waals surface area (Å²) in [6.07, 6.45) is 2.20. The number of allylic oxidation sites excluding steroid dienone is 1. The maximum atomic E-state index is 5.48. The van der Waals surface area contributed by atoms with Crippen LogP contribution in [0.4, 0.5) is 0 Å². The molecule has 1 aromatic carbocycles. The molecule has 0 N–H and O–H groups in total. The van der Waals surface area contributed by atoms with E-state index in [0.29, 0.717) is 0 Å². The van der Waals surface area contributed by atoms with E-state index in [9.17, 15) is 0 Å². The smallest absolute Gasteiger partial charge is 0.101 e. The van der Waals surface area contributed by atoms with E-state index >= 15 is 0 Å². The van der Waals surface area contributed by atoms with Crippen molar-refractivity contribution in [3.05, 3.63) is 47.7 Å². The van der Waals surface area contributed by atoms with Crippen molar-refractivity contribution in [1.82, 2.24) is 0 Å². The molecule has 1 aliphatic rings. The molecule has 2 rings (SSSR count). The Bertz CT molecular complexity index is 326. The van der Waals surface area contributed by atoms with Crippen molar-refractivity contribution in [3.8, 4) is 0 Å². The van der Waals surface area contributed by atoms with Gasteiger partial charge in [-0.3, -0.25) is 0 Å². The number of hydrogen-bond donors (Lipinski definition) is 0. The SMILES string of the molecule is CC1=CC(C)(c2ccccc2)CO1. The predicted molar refractivity (Wildman–Crippen MR) is 53.5 cm³/mol. The molecule has 0 fully saturated rings. The van der Waals surface area contributed by atoms with Gasteiger partial charge in [-0.15, -0.1) is 0 Å². The lowest BCUT2D eigenvalue weighted by Crippen LogP contribution is -2.20. The second kappa shape index (κ2) is 2.91. The van der Waals surface area contributed by atoms with Gasteiger partial charge in [-0.25, -0.2) is 0 Å². The molecule has 1 aromatic rings. The minimum Gasteiger partial charge on any atom is -0.497 e. The fraction of sp³-hybridized carbons (Fsp3) is 0.333. The Labute approximate surface area is 79.0 Å². The Morgan fingerprint density at radius 3 is 2.46 bits per heavy atom. The highest BCUT2D eigenvalue weighted by molar-refractivity contribution is 5.32. The molecule has 1 nitrogen and oxygen atoms in total. The van der Waals surface area contributed by atoms with E-state index in [1.807, 2.05) is 13.0 Å². The van der Waals surface area contributed by atoms with Crippen LogP contribution in [0.25, 0.3) is 0 Å². The summed E-state index contributed by atoms with van der Waals surface area (Å²) in [5.74, 6) is 1.03. The average Bonchev–Trinajstić information content (AvgIpc) is 2.49. The quantitative estimate of drug-likeness (QED) is 0.636. The third-order valence-corrected chi connectivity index (χ3v) is 2.55. The number of benzene rings is 1. The Hall–Kier alpha value is -1.24. The van der Waals surface area contributed by atoms with E-state index in [4.69, 9.17) is 4.74 Å². The van der Waals surface area contributed by atoms with Gasteiger partial charge in [0.05, 0.1) is 5.76 Å². The number of rotatable bonds is 1. The highest BCUT2D eigenvalue weighted by Crippen LogP contribution is 2.32. The van der Waals surface area contributed by atoms with Crippen LogP contribution in [-0.2, 0) is 10.2 Å². The van der Waals surface area contributed by atoms with Gasteiger partial charge in [-0.05, 0) is 25.5 Å². The lowest BCUT2D eigenvalue weighted by atomic mass is 9.84. The maximum absolute atomic E-state index is 5.48. The summed E-state index contributed by atoms with van der Waals surface area (Å²) in [5, 5.41) is 0. The van der Waals surface area contributed by atoms with Gasteiger partial charge in [-0.1, -0.05) is 30.3 Å². The summed E-state index contributed by atoms with van der Waals surface area (Å²) in [7, 11) is 0. The Kier molecular flexibility index (Phi) is 1.87. The minimum absolute atomic E-state index is 0.0747. The molecule has 0 saturated carbocycles. The van der Waals surface area contributed by atoms with Crippen molar-refractivity contribution in [3.63, 3.8) is 0 Å². The third-order valence-electron chi connectivity index (χ3n) is 2.55. The van der Waals surface area contributed by atoms with E-state index in [2.05, 4.69) is 37.3 Å². The van der Waals surface area contributed by atoms with Crippen LogP contribution in [0.3, 0.4) is 0 Å². The van der Waals surface area contributed by atoms with Crippen LogP contribution < -0.4 is 0 Å². The summed E-state index contributed by atoms with van der Waals surface area (Å²) in [6.45, 7) is 4.98. The monoisotopic (exact) mass is 174 g/mol. The van der Waals surface area contributed by atoms with Crippen molar-refractivity contribution in [2.24, 2.45) is 0 Å². The molecule has 0 bridgehead atoms. The first-order valence-corrected chi connectivity index (χ1v) is 4.58. The zero-order valence-corrected chi connectivity index (χ0v) is 8.08. The molecule has 0 amide bonds. The summed E-state index contributed by atoms with van der Waals surface area (Å²) >= 11 is 0. The molecule has 0 radical (unpaired) electrons. The topological polar surface area (TPSA) is 9.23 Å². The van der Waals surface area contributed by atoms with Gasteiger partial charge >= 0.3 is 0 Å². The van der Waals surface area contributed by atoms with E-state index in [-0.39, 0.29) is 5.41 Å². The van der Waals surface area contributed by atoms with Crippen molar-refractivity contribution in [1.29, 1.82) is 0 Å². The third kappa shape index (κ3) is 1.46. The maximum Gasteiger partial charge on any atom is 0.101 e. The highest BCUT2D eigenvalue weighted by atomic mass is 16.5. The summed E-state index contributed by atoms with van der Waals surface area (Å²) in [4.78, 5) is 0. The lowest BCUT2D eigenvalue weighted by molar-refractivity contribution is 0.210. The van der Waals surface area contributed by atoms with Gasteiger partial charge in [0.2, 0.25) is 0 Å². The number of hydrogen-bond acceptors (Lipinski definition) is 1. The first kappa shape index (κ1) is 8.36. The Morgan fingerprint density at radius 1 is 1.23 bits per heavy atom. The van der Waals surface area contributed by atoms with Crippen LogP contribution >= 0.6 is 0 Å². The Morgan fingerprint density at radius 2 is 1.92 bits per heavy atom. The molecule has 0 saturated heterocycles. The number of ether oxygens (including phenoxy) is 1. The lowest BCUT2D eigenvalue weighted by Gasteiger charge is -2.19. The van der Waals surface area contributed by atoms with E-state index in [1.165, 1.54) is 5.56 Å². The predicted octanol–water partition coefficient (Wildman–Crippen LogP) is 2.88. The molecule has 1 heterocycles. The highest BCUT2D eigenvalue weighted by Gasteiger charge is 2.29. The van der Waals surface area contributed by atoms with E-state index in [1.54, 1.807) is 0 Å². The van der Waals surface area contributed by atoms with Gasteiger partial charge in [0.15, 0.2) is 0 Å². The zero-order chi connectivity index (χ0) is 9.31. The van der Waals surface area contributed by atoms with Crippen LogP contribution in [0.2, 0.25) is 0 Å². The average molecular weight is 174 g/mol. The normalized spacial score (nSPS) is 26.8. The van der Waals surface area contributed by atoms with Gasteiger partial charge in [0.1, 0.15) is 6.61 Å². The van der Waals surface area contributed by atoms with E-state index in [0.717, 1.165) is 12.4 Å². The van der Waals surface area contributed by atoms with Crippen LogP contribution in [0.5, 0.6) is 0 Å². The molecule has 1 heteroatoms. The molecule has 68 valence electrons. The van der Waals surface area contributed by atoms with Crippen LogP contribution in [0.1, 0.15) is 19.4 Å². The molecule has 1 unspecified atom stereocenters. The molecule has 1 atom stereocenters. The van der Waals surface area contributed by atoms with Gasteiger partial charge in [-0.2, -0.15) is 0 Å². The van der Waals surface area contributed by atoms with Crippen LogP contribution in [0.15, 0.2) is 42.2 Å². The summed E-state index contributed by atoms with van der Waals surface area (Å²) < 4.78 is 5.48. The summed E-state index contributed by atoms with van der Waals surface area (Å²) in [5.41, 5.74) is 1.40. The first-order valence-electron chi connectivity index (χ1n) is 4.58. The second-order valence-corrected chi connectivity index (χ2v) is 3.83. The first-order chi connectivity index (χ1) is 6.21. The zero-order valence-electron chi connectivity index (χ0n) is 8.08. The largest absolute Gasteiger partial charge is 0.497 e. The van der Waals surface area contributed by atoms with Crippen molar-refractivity contribution in [2.45, 2.75) is 19.3 Å². The second-order valence-electron chi connectivity index (χ2n) is 3.83. The van der Waals surface area contributed by atoms with E-state index < -0.39 is 0 Å². The fourth-order valence-electron chi connectivity index (χ4n) is 1.78. The van der Waals surface area contributed by atoms with Gasteiger partial charge < -0.3 is 4.74 Å². The molecular formula is C12H14O. The van der Waals surface area contributed by atoms with Crippen molar-refractivity contribution in [2.75, 3.05) is 6.61 Å². The molecular weight excluding hydrogens is 160 g/mol. The van der Waals surface area contributed by atoms with Crippen molar-refractivity contribution < 1.29 is 4.74 Å². The van der Waals surface area contributed by atoms with Crippen LogP contribution in [-0.4, -0.2) is 6.61 Å². The molecule has 0 aliphatic carbocycles. The van der Waals surface area contributed by atoms with Gasteiger partial charge in [0.25, 0.3) is 0 Å². The molecule has 0 aromatic heterocycles. The fourth-order valence-corrected chi connectivity index (χ4v) is 1.78. The van der Waals surface area contributed by atoms with Gasteiger partial charge in [0, 0.05) is 5.41 Å². The standard InChI is InChI=1S/C12H14O/c1-10-8-12(2,9-13-10)11-6-4-3-5-7-11/h3-8H,9H2,1-2H3. The molecule has 0 spiro atoms. The van der Waals surface area contributed by atoms with Crippen molar-refractivity contribution >= 4 is 0 Å². The summed E-state index contributed by atoms with van der Waals surface area (Å²) in [6, 6.07) is 10.5. The minimum atomic E-state index is 0.0747. The van der Waals surface area contributed by atoms with Crippen LogP contribution in [0, 0.1) is 0 Å². The Balaban J connectivity index is 2.37. The molecule has 13 heavy (non-hydrogen) atoms.